The maximum atomic E-state index is 13.2. The van der Waals surface area contributed by atoms with E-state index in [-0.39, 0.29) is 11.7 Å². The Morgan fingerprint density at radius 3 is 1.52 bits per heavy atom. The molecule has 1 fully saturated rings. The Morgan fingerprint density at radius 1 is 0.655 bits per heavy atom. The van der Waals surface area contributed by atoms with Crippen molar-refractivity contribution in [3.05, 3.63) is 119 Å². The van der Waals surface area contributed by atoms with E-state index in [9.17, 15) is 9.59 Å². The SMILES string of the molecule is O=C1/C(=C\c2ccccc2)CN(C(=O)c2ccccc2)C/C1=C\c1ccccc1. The van der Waals surface area contributed by atoms with Gasteiger partial charge in [-0.2, -0.15) is 0 Å². The Balaban J connectivity index is 1.72. The second-order valence-corrected chi connectivity index (χ2v) is 7.02. The van der Waals surface area contributed by atoms with Crippen LogP contribution in [0.2, 0.25) is 0 Å². The summed E-state index contributed by atoms with van der Waals surface area (Å²) in [6, 6.07) is 28.7. The second-order valence-electron chi connectivity index (χ2n) is 7.02. The van der Waals surface area contributed by atoms with E-state index in [1.807, 2.05) is 91.0 Å². The molecule has 0 aromatic heterocycles. The number of carbonyl (C=O) groups is 2. The number of benzene rings is 3. The van der Waals surface area contributed by atoms with Gasteiger partial charge in [-0.1, -0.05) is 78.9 Å². The average molecular weight is 379 g/mol. The fourth-order valence-electron chi connectivity index (χ4n) is 3.45. The Bertz CT molecular complexity index is 1010. The Morgan fingerprint density at radius 2 is 1.07 bits per heavy atom. The van der Waals surface area contributed by atoms with Crippen molar-refractivity contribution in [2.24, 2.45) is 0 Å². The van der Waals surface area contributed by atoms with Gasteiger partial charge in [0.1, 0.15) is 0 Å². The maximum absolute atomic E-state index is 13.2. The minimum Gasteiger partial charge on any atom is -0.330 e. The van der Waals surface area contributed by atoms with Crippen LogP contribution in [0, 0.1) is 0 Å². The highest BCUT2D eigenvalue weighted by atomic mass is 16.2. The topological polar surface area (TPSA) is 37.4 Å². The third-order valence-corrected chi connectivity index (χ3v) is 4.89. The summed E-state index contributed by atoms with van der Waals surface area (Å²) in [4.78, 5) is 28.0. The number of hydrogen-bond donors (Lipinski definition) is 0. The highest BCUT2D eigenvalue weighted by molar-refractivity contribution is 6.15. The Kier molecular flexibility index (Phi) is 5.48. The molecule has 0 atom stereocenters. The van der Waals surface area contributed by atoms with Crippen LogP contribution in [-0.2, 0) is 4.79 Å². The summed E-state index contributed by atoms with van der Waals surface area (Å²) in [7, 11) is 0. The third-order valence-electron chi connectivity index (χ3n) is 4.89. The van der Waals surface area contributed by atoms with E-state index in [0.29, 0.717) is 29.8 Å². The predicted molar refractivity (Wildman–Crippen MR) is 116 cm³/mol. The maximum Gasteiger partial charge on any atom is 0.254 e. The van der Waals surface area contributed by atoms with Crippen LogP contribution in [0.5, 0.6) is 0 Å². The average Bonchev–Trinajstić information content (AvgIpc) is 2.78. The molecule has 3 aromatic carbocycles. The summed E-state index contributed by atoms with van der Waals surface area (Å²) in [5.41, 5.74) is 3.76. The molecule has 3 heteroatoms. The number of Topliss-reactive ketones (excluding diaryl/α,β-unsaturated/α-hetero) is 1. The van der Waals surface area contributed by atoms with E-state index in [1.165, 1.54) is 0 Å². The van der Waals surface area contributed by atoms with Crippen LogP contribution in [0.4, 0.5) is 0 Å². The van der Waals surface area contributed by atoms with Crippen LogP contribution in [0.15, 0.2) is 102 Å². The summed E-state index contributed by atoms with van der Waals surface area (Å²) in [5, 5.41) is 0. The fourth-order valence-corrected chi connectivity index (χ4v) is 3.45. The van der Waals surface area contributed by atoms with E-state index < -0.39 is 0 Å². The molecule has 0 spiro atoms. The molecule has 3 aromatic rings. The summed E-state index contributed by atoms with van der Waals surface area (Å²) in [6.07, 6.45) is 3.76. The Labute approximate surface area is 170 Å². The first-order chi connectivity index (χ1) is 14.2. The first-order valence-corrected chi connectivity index (χ1v) is 9.61. The molecule has 1 heterocycles. The smallest absolute Gasteiger partial charge is 0.254 e. The van der Waals surface area contributed by atoms with E-state index in [1.54, 1.807) is 17.0 Å². The van der Waals surface area contributed by atoms with Crippen LogP contribution in [-0.4, -0.2) is 29.7 Å². The summed E-state index contributed by atoms with van der Waals surface area (Å²) >= 11 is 0. The van der Waals surface area contributed by atoms with Gasteiger partial charge in [0.15, 0.2) is 5.78 Å². The van der Waals surface area contributed by atoms with Gasteiger partial charge in [-0.25, -0.2) is 0 Å². The van der Waals surface area contributed by atoms with Gasteiger partial charge in [0.05, 0.1) is 13.1 Å². The van der Waals surface area contributed by atoms with E-state index in [0.717, 1.165) is 11.1 Å². The van der Waals surface area contributed by atoms with Crippen molar-refractivity contribution < 1.29 is 9.59 Å². The molecule has 0 N–H and O–H groups in total. The minimum atomic E-state index is -0.0731. The van der Waals surface area contributed by atoms with Gasteiger partial charge < -0.3 is 4.90 Å². The molecule has 0 saturated carbocycles. The van der Waals surface area contributed by atoms with Crippen LogP contribution in [0.25, 0.3) is 12.2 Å². The van der Waals surface area contributed by atoms with Gasteiger partial charge in [-0.15, -0.1) is 0 Å². The third kappa shape index (κ3) is 4.41. The predicted octanol–water partition coefficient (Wildman–Crippen LogP) is 4.88. The van der Waals surface area contributed by atoms with Crippen molar-refractivity contribution in [2.45, 2.75) is 0 Å². The molecule has 0 unspecified atom stereocenters. The molecule has 1 amide bonds. The van der Waals surface area contributed by atoms with Gasteiger partial charge in [0, 0.05) is 16.7 Å². The second kappa shape index (κ2) is 8.53. The standard InChI is InChI=1S/C26H21NO2/c28-25-23(16-20-10-4-1-5-11-20)18-27(26(29)22-14-8-3-9-15-22)19-24(25)17-21-12-6-2-7-13-21/h1-17H,18-19H2/b23-16-,24-17+. The molecule has 1 saturated heterocycles. The molecule has 0 bridgehead atoms. The zero-order chi connectivity index (χ0) is 20.1. The number of rotatable bonds is 3. The van der Waals surface area contributed by atoms with E-state index in [2.05, 4.69) is 0 Å². The number of amides is 1. The lowest BCUT2D eigenvalue weighted by molar-refractivity contribution is -0.113. The molecule has 0 radical (unpaired) electrons. The molecular formula is C26H21NO2. The summed E-state index contributed by atoms with van der Waals surface area (Å²) < 4.78 is 0. The highest BCUT2D eigenvalue weighted by Gasteiger charge is 2.29. The van der Waals surface area contributed by atoms with Crippen molar-refractivity contribution in [3.63, 3.8) is 0 Å². The highest BCUT2D eigenvalue weighted by Crippen LogP contribution is 2.23. The first-order valence-electron chi connectivity index (χ1n) is 9.61. The summed E-state index contributed by atoms with van der Waals surface area (Å²) in [6.45, 7) is 0.598. The van der Waals surface area contributed by atoms with Crippen LogP contribution < -0.4 is 0 Å². The molecule has 1 aliphatic rings. The van der Waals surface area contributed by atoms with E-state index in [4.69, 9.17) is 0 Å². The largest absolute Gasteiger partial charge is 0.330 e. The molecule has 4 rings (SSSR count). The van der Waals surface area contributed by atoms with Crippen LogP contribution >= 0.6 is 0 Å². The number of carbonyl (C=O) groups excluding carboxylic acids is 2. The lowest BCUT2D eigenvalue weighted by Crippen LogP contribution is -2.41. The van der Waals surface area contributed by atoms with Crippen LogP contribution in [0.1, 0.15) is 21.5 Å². The molecule has 29 heavy (non-hydrogen) atoms. The molecular weight excluding hydrogens is 358 g/mol. The molecule has 142 valence electrons. The van der Waals surface area contributed by atoms with Crippen molar-refractivity contribution in [3.8, 4) is 0 Å². The zero-order valence-electron chi connectivity index (χ0n) is 16.0. The van der Waals surface area contributed by atoms with Crippen LogP contribution in [0.3, 0.4) is 0 Å². The number of ketones is 1. The minimum absolute atomic E-state index is 0.00480. The number of piperidine rings is 1. The van der Waals surface area contributed by atoms with Gasteiger partial charge in [0.25, 0.3) is 5.91 Å². The zero-order valence-corrected chi connectivity index (χ0v) is 16.0. The van der Waals surface area contributed by atoms with Crippen molar-refractivity contribution in [1.82, 2.24) is 4.90 Å². The van der Waals surface area contributed by atoms with Gasteiger partial charge >= 0.3 is 0 Å². The monoisotopic (exact) mass is 379 g/mol. The number of nitrogens with zero attached hydrogens (tertiary/aromatic N) is 1. The normalized spacial score (nSPS) is 17.0. The van der Waals surface area contributed by atoms with Gasteiger partial charge in [-0.05, 0) is 35.4 Å². The van der Waals surface area contributed by atoms with Crippen molar-refractivity contribution >= 4 is 23.8 Å². The van der Waals surface area contributed by atoms with Gasteiger partial charge in [0.2, 0.25) is 0 Å². The summed E-state index contributed by atoms with van der Waals surface area (Å²) in [5.74, 6) is -0.0779. The van der Waals surface area contributed by atoms with Crippen molar-refractivity contribution in [2.75, 3.05) is 13.1 Å². The van der Waals surface area contributed by atoms with Crippen molar-refractivity contribution in [1.29, 1.82) is 0 Å². The quantitative estimate of drug-likeness (QED) is 0.608. The molecule has 3 nitrogen and oxygen atoms in total. The molecule has 1 aliphatic heterocycles. The fraction of sp³-hybridized carbons (Fsp3) is 0.0769. The van der Waals surface area contributed by atoms with Gasteiger partial charge in [-0.3, -0.25) is 9.59 Å². The lowest BCUT2D eigenvalue weighted by atomic mass is 9.93. The number of likely N-dealkylation sites (tertiary alicyclic amines) is 1. The Hall–Kier alpha value is -3.72. The molecule has 0 aliphatic carbocycles. The van der Waals surface area contributed by atoms with E-state index >= 15 is 0 Å². The number of hydrogen-bond acceptors (Lipinski definition) is 2. The lowest BCUT2D eigenvalue weighted by Gasteiger charge is -2.30. The first kappa shape index (κ1) is 18.6.